The topological polar surface area (TPSA) is 90.3 Å². The second-order valence-corrected chi connectivity index (χ2v) is 12.4. The fourth-order valence-electron chi connectivity index (χ4n) is 8.24. The van der Waals surface area contributed by atoms with E-state index in [0.29, 0.717) is 43.5 Å². The highest BCUT2D eigenvalue weighted by molar-refractivity contribution is 6.06. The van der Waals surface area contributed by atoms with Gasteiger partial charge in [0.25, 0.3) is 0 Å². The van der Waals surface area contributed by atoms with Crippen LogP contribution in [-0.2, 0) is 16.6 Å². The van der Waals surface area contributed by atoms with E-state index in [2.05, 4.69) is 17.0 Å². The first-order valence-electron chi connectivity index (χ1n) is 14.8. The minimum Gasteiger partial charge on any atom is -0.504 e. The summed E-state index contributed by atoms with van der Waals surface area (Å²) in [5.74, 6) is -0.0327. The zero-order valence-electron chi connectivity index (χ0n) is 24.0. The molecule has 1 amide bonds. The molecule has 1 saturated heterocycles. The van der Waals surface area contributed by atoms with Crippen LogP contribution in [0.25, 0.3) is 6.08 Å². The van der Waals surface area contributed by atoms with Gasteiger partial charge < -0.3 is 19.8 Å². The van der Waals surface area contributed by atoms with Gasteiger partial charge in [0, 0.05) is 37.3 Å². The van der Waals surface area contributed by atoms with Gasteiger partial charge in [-0.05, 0) is 61.9 Å². The summed E-state index contributed by atoms with van der Waals surface area (Å²) < 4.78 is 6.55. The van der Waals surface area contributed by atoms with E-state index in [1.54, 1.807) is 24.1 Å². The molecule has 7 nitrogen and oxygen atoms in total. The summed E-state index contributed by atoms with van der Waals surface area (Å²) in [7, 11) is 1.78. The molecular formula is C35H36N2O5. The zero-order chi connectivity index (χ0) is 29.2. The van der Waals surface area contributed by atoms with Crippen molar-refractivity contribution in [3.05, 3.63) is 101 Å². The highest BCUT2D eigenvalue weighted by Gasteiger charge is 2.75. The third-order valence-electron chi connectivity index (χ3n) is 10.2. The second-order valence-electron chi connectivity index (χ2n) is 12.4. The number of aromatic hydroxyl groups is 1. The largest absolute Gasteiger partial charge is 0.504 e. The molecule has 7 rings (SSSR count). The van der Waals surface area contributed by atoms with Crippen molar-refractivity contribution in [3.8, 4) is 11.5 Å². The van der Waals surface area contributed by atoms with Crippen LogP contribution in [-0.4, -0.2) is 75.6 Å². The third kappa shape index (κ3) is 3.80. The van der Waals surface area contributed by atoms with Gasteiger partial charge in [-0.1, -0.05) is 60.2 Å². The number of hydrogen-bond acceptors (Lipinski definition) is 6. The number of likely N-dealkylation sites (tertiary alicyclic amines) is 1. The van der Waals surface area contributed by atoms with E-state index in [0.717, 1.165) is 17.5 Å². The molecule has 2 bridgehead atoms. The average molecular weight is 565 g/mol. The molecule has 216 valence electrons. The molecule has 2 heterocycles. The van der Waals surface area contributed by atoms with Crippen molar-refractivity contribution in [2.45, 2.75) is 61.8 Å². The molecule has 3 aromatic rings. The van der Waals surface area contributed by atoms with Crippen molar-refractivity contribution in [1.29, 1.82) is 0 Å². The number of phenols is 1. The summed E-state index contributed by atoms with van der Waals surface area (Å²) in [6.07, 6.45) is 4.97. The van der Waals surface area contributed by atoms with Crippen LogP contribution in [0.1, 0.15) is 51.9 Å². The van der Waals surface area contributed by atoms with Gasteiger partial charge in [0.1, 0.15) is 17.7 Å². The number of nitrogens with zero attached hydrogens (tertiary/aromatic N) is 2. The summed E-state index contributed by atoms with van der Waals surface area (Å²) in [5, 5.41) is 23.6. The number of rotatable bonds is 6. The first-order valence-corrected chi connectivity index (χ1v) is 14.8. The first kappa shape index (κ1) is 26.9. The number of likely N-dealkylation sites (N-methyl/N-ethyl adjacent to an activating group) is 1. The normalized spacial score (nSPS) is 29.3. The number of ether oxygens (including phenoxy) is 1. The highest BCUT2D eigenvalue weighted by atomic mass is 16.5. The Kier molecular flexibility index (Phi) is 6.29. The molecule has 0 aromatic heterocycles. The number of ketones is 1. The molecule has 1 spiro atoms. The highest BCUT2D eigenvalue weighted by Crippen LogP contribution is 2.65. The van der Waals surface area contributed by atoms with Crippen LogP contribution in [0.4, 0.5) is 0 Å². The number of carbonyl (C=O) groups excluding carboxylic acids is 2. The summed E-state index contributed by atoms with van der Waals surface area (Å²) >= 11 is 0. The summed E-state index contributed by atoms with van der Waals surface area (Å²) in [5.41, 5.74) is 2.10. The van der Waals surface area contributed by atoms with Crippen LogP contribution in [0.2, 0.25) is 0 Å². The predicted octanol–water partition coefficient (Wildman–Crippen LogP) is 4.28. The molecule has 4 aliphatic rings. The van der Waals surface area contributed by atoms with Gasteiger partial charge in [-0.2, -0.15) is 0 Å². The Hall–Kier alpha value is -3.94. The van der Waals surface area contributed by atoms with Crippen molar-refractivity contribution in [1.82, 2.24) is 9.80 Å². The number of Topliss-reactive ketones (excluding diaryl/α,β-unsaturated/α-hetero) is 1. The average Bonchev–Trinajstić information content (AvgIpc) is 3.34. The van der Waals surface area contributed by atoms with Crippen LogP contribution in [0.15, 0.2) is 72.8 Å². The molecule has 3 aromatic carbocycles. The van der Waals surface area contributed by atoms with Crippen molar-refractivity contribution in [2.24, 2.45) is 0 Å². The number of aryl methyl sites for hydroxylation is 1. The molecule has 2 aliphatic carbocycles. The summed E-state index contributed by atoms with van der Waals surface area (Å²) in [6.45, 7) is 3.27. The second kappa shape index (κ2) is 9.82. The lowest BCUT2D eigenvalue weighted by molar-refractivity contribution is -0.187. The predicted molar refractivity (Wildman–Crippen MR) is 160 cm³/mol. The fraction of sp³-hybridized carbons (Fsp3) is 0.371. The van der Waals surface area contributed by atoms with Crippen LogP contribution in [0.3, 0.4) is 0 Å². The van der Waals surface area contributed by atoms with Gasteiger partial charge in [0.15, 0.2) is 17.3 Å². The molecule has 0 radical (unpaired) electrons. The SMILES string of the molecule is Cc1cccc(/C=C/C(=O)N(C)C2CC[C@@]3(O)[C@H]4C(=O)c5ccc(O)c6c5[C@@]3(CCN4CCc3ccccc3)C2O6)c1. The van der Waals surface area contributed by atoms with Gasteiger partial charge in [0.2, 0.25) is 5.91 Å². The Morgan fingerprint density at radius 1 is 1.12 bits per heavy atom. The van der Waals surface area contributed by atoms with E-state index in [-0.39, 0.29) is 29.2 Å². The molecule has 7 heteroatoms. The van der Waals surface area contributed by atoms with E-state index in [9.17, 15) is 19.8 Å². The number of piperidine rings is 1. The lowest BCUT2D eigenvalue weighted by Crippen LogP contribution is -2.79. The molecule has 2 fully saturated rings. The fourth-order valence-corrected chi connectivity index (χ4v) is 8.24. The molecule has 2 N–H and O–H groups in total. The maximum absolute atomic E-state index is 14.1. The number of carbonyl (C=O) groups is 2. The number of phenolic OH excluding ortho intramolecular Hbond substituents is 1. The Morgan fingerprint density at radius 2 is 1.93 bits per heavy atom. The van der Waals surface area contributed by atoms with E-state index in [1.165, 1.54) is 11.6 Å². The van der Waals surface area contributed by atoms with Crippen LogP contribution >= 0.6 is 0 Å². The van der Waals surface area contributed by atoms with Gasteiger partial charge in [-0.25, -0.2) is 0 Å². The van der Waals surface area contributed by atoms with E-state index < -0.39 is 23.2 Å². The number of aliphatic hydroxyl groups is 1. The van der Waals surface area contributed by atoms with Gasteiger partial charge in [0.05, 0.1) is 11.5 Å². The van der Waals surface area contributed by atoms with Crippen LogP contribution in [0, 0.1) is 6.92 Å². The van der Waals surface area contributed by atoms with Crippen molar-refractivity contribution >= 4 is 17.8 Å². The minimum absolute atomic E-state index is 0.0373. The number of benzene rings is 3. The lowest BCUT2D eigenvalue weighted by atomic mass is 9.48. The van der Waals surface area contributed by atoms with Crippen molar-refractivity contribution in [2.75, 3.05) is 20.1 Å². The zero-order valence-corrected chi connectivity index (χ0v) is 24.0. The third-order valence-corrected chi connectivity index (χ3v) is 10.2. The maximum Gasteiger partial charge on any atom is 0.246 e. The van der Waals surface area contributed by atoms with E-state index in [1.807, 2.05) is 55.5 Å². The lowest BCUT2D eigenvalue weighted by Gasteiger charge is -2.63. The molecule has 42 heavy (non-hydrogen) atoms. The molecule has 1 saturated carbocycles. The smallest absolute Gasteiger partial charge is 0.246 e. The molecule has 2 aliphatic heterocycles. The molecule has 5 atom stereocenters. The minimum atomic E-state index is -1.38. The van der Waals surface area contributed by atoms with E-state index in [4.69, 9.17) is 4.74 Å². The Morgan fingerprint density at radius 3 is 2.71 bits per heavy atom. The summed E-state index contributed by atoms with van der Waals surface area (Å²) in [4.78, 5) is 31.5. The number of amides is 1. The number of hydrogen-bond donors (Lipinski definition) is 2. The maximum atomic E-state index is 14.1. The van der Waals surface area contributed by atoms with Gasteiger partial charge in [-0.15, -0.1) is 0 Å². The van der Waals surface area contributed by atoms with Crippen LogP contribution < -0.4 is 4.74 Å². The molecule has 2 unspecified atom stereocenters. The Balaban J connectivity index is 1.24. The van der Waals surface area contributed by atoms with Crippen molar-refractivity contribution < 1.29 is 24.5 Å². The Bertz CT molecular complexity index is 1600. The van der Waals surface area contributed by atoms with Crippen LogP contribution in [0.5, 0.6) is 11.5 Å². The van der Waals surface area contributed by atoms with E-state index >= 15 is 0 Å². The Labute approximate surface area is 246 Å². The molecular weight excluding hydrogens is 528 g/mol. The monoisotopic (exact) mass is 564 g/mol. The quantitative estimate of drug-likeness (QED) is 0.435. The first-order chi connectivity index (χ1) is 20.2. The van der Waals surface area contributed by atoms with Gasteiger partial charge >= 0.3 is 0 Å². The standard InChI is InChI=1S/C35H36N2O5/c1-22-7-6-10-24(21-22)11-14-28(39)36(2)26-15-17-35(41)32-30(40)25-12-13-27(38)31-29(25)34(35,33(26)42-31)18-20-37(32)19-16-23-8-4-3-5-9-23/h3-14,21,26,32-33,38,41H,15-20H2,1-2H3/b14-11+/t26?,32-,33?,34+,35-/m1/s1. The van der Waals surface area contributed by atoms with Crippen molar-refractivity contribution in [3.63, 3.8) is 0 Å². The van der Waals surface area contributed by atoms with Gasteiger partial charge in [-0.3, -0.25) is 14.5 Å². The summed E-state index contributed by atoms with van der Waals surface area (Å²) in [6, 6.07) is 20.3.